The summed E-state index contributed by atoms with van der Waals surface area (Å²) in [5.41, 5.74) is 14.3. The number of fused-ring (bicyclic) bond motifs is 5. The molecule has 0 saturated heterocycles. The second-order valence-corrected chi connectivity index (χ2v) is 16.0. The zero-order valence-electron chi connectivity index (χ0n) is 32.1. The lowest BCUT2D eigenvalue weighted by atomic mass is 9.91. The van der Waals surface area contributed by atoms with Crippen LogP contribution in [0.3, 0.4) is 0 Å². The molecule has 0 aliphatic carbocycles. The Bertz CT molecular complexity index is 3230. The third-order valence-electron chi connectivity index (χ3n) is 11.2. The van der Waals surface area contributed by atoms with E-state index in [-0.39, 0.29) is 0 Å². The van der Waals surface area contributed by atoms with Crippen LogP contribution in [0.2, 0.25) is 0 Å². The van der Waals surface area contributed by atoms with Gasteiger partial charge in [-0.1, -0.05) is 170 Å². The Hall–Kier alpha value is -7.46. The van der Waals surface area contributed by atoms with Crippen LogP contribution in [0.15, 0.2) is 218 Å². The molecule has 59 heavy (non-hydrogen) atoms. The summed E-state index contributed by atoms with van der Waals surface area (Å²) >= 11 is 1.88. The van der Waals surface area contributed by atoms with E-state index < -0.39 is 0 Å². The number of hydrogen-bond acceptors (Lipinski definition) is 3. The van der Waals surface area contributed by atoms with Gasteiger partial charge < -0.3 is 0 Å². The van der Waals surface area contributed by atoms with Crippen molar-refractivity contribution in [1.29, 1.82) is 0 Å². The molecule has 0 bridgehead atoms. The molecule has 0 aliphatic rings. The molecular weight excluding hydrogens is 733 g/mol. The van der Waals surface area contributed by atoms with E-state index >= 15 is 0 Å². The molecular formula is C56H36N2S. The van der Waals surface area contributed by atoms with Crippen LogP contribution in [0.1, 0.15) is 0 Å². The summed E-state index contributed by atoms with van der Waals surface area (Å²) in [7, 11) is 0. The second-order valence-electron chi connectivity index (χ2n) is 15.0. The van der Waals surface area contributed by atoms with E-state index in [4.69, 9.17) is 9.97 Å². The Morgan fingerprint density at radius 1 is 0.305 bits per heavy atom. The van der Waals surface area contributed by atoms with Crippen LogP contribution >= 0.6 is 11.3 Å². The van der Waals surface area contributed by atoms with Crippen LogP contribution in [0.4, 0.5) is 0 Å². The van der Waals surface area contributed by atoms with E-state index in [2.05, 4.69) is 194 Å². The minimum Gasteiger partial charge on any atom is -0.228 e. The lowest BCUT2D eigenvalue weighted by Crippen LogP contribution is -1.96. The van der Waals surface area contributed by atoms with Gasteiger partial charge in [-0.2, -0.15) is 0 Å². The number of rotatable bonds is 7. The predicted octanol–water partition coefficient (Wildman–Crippen LogP) is 15.7. The molecule has 0 unspecified atom stereocenters. The predicted molar refractivity (Wildman–Crippen MR) is 250 cm³/mol. The van der Waals surface area contributed by atoms with Gasteiger partial charge in [0.25, 0.3) is 0 Å². The maximum Gasteiger partial charge on any atom is 0.160 e. The fourth-order valence-corrected chi connectivity index (χ4v) is 9.56. The summed E-state index contributed by atoms with van der Waals surface area (Å²) < 4.78 is 2.58. The average Bonchev–Trinajstić information content (AvgIpc) is 3.71. The van der Waals surface area contributed by atoms with Crippen LogP contribution < -0.4 is 0 Å². The highest BCUT2D eigenvalue weighted by Gasteiger charge is 2.18. The van der Waals surface area contributed by atoms with Crippen LogP contribution in [0.25, 0.3) is 109 Å². The van der Waals surface area contributed by atoms with Gasteiger partial charge in [-0.3, -0.25) is 0 Å². The van der Waals surface area contributed by atoms with Gasteiger partial charge in [0.1, 0.15) is 0 Å². The van der Waals surface area contributed by atoms with Crippen molar-refractivity contribution < 1.29 is 0 Å². The molecule has 0 fully saturated rings. The van der Waals surface area contributed by atoms with Crippen LogP contribution in [0, 0.1) is 0 Å². The summed E-state index contributed by atoms with van der Waals surface area (Å²) in [4.78, 5) is 10.4. The molecule has 0 aliphatic heterocycles. The molecule has 0 atom stereocenters. The van der Waals surface area contributed by atoms with Crippen LogP contribution in [-0.2, 0) is 0 Å². The number of thiophene rings is 1. The largest absolute Gasteiger partial charge is 0.228 e. The standard InChI is InChI=1S/C56H36N2S/c1-6-16-37(17-7-1)42-26-28-48-43(30-42)27-29-53-54(48)50-35-46(34-49(55(50)59-53)39-20-10-3-11-21-39)45-31-44(38-18-8-2-9-19-38)32-47(33-45)52-36-51(40-22-12-4-13-23-40)57-56(58-52)41-24-14-5-15-25-41/h1-36H. The summed E-state index contributed by atoms with van der Waals surface area (Å²) in [6.45, 7) is 0. The molecule has 276 valence electrons. The first-order chi connectivity index (χ1) is 29.2. The Balaban J connectivity index is 1.17. The molecule has 11 rings (SSSR count). The zero-order chi connectivity index (χ0) is 39.1. The Morgan fingerprint density at radius 2 is 0.814 bits per heavy atom. The van der Waals surface area contributed by atoms with Crippen molar-refractivity contribution in [2.24, 2.45) is 0 Å². The van der Waals surface area contributed by atoms with Gasteiger partial charge >= 0.3 is 0 Å². The molecule has 11 aromatic rings. The first-order valence-electron chi connectivity index (χ1n) is 20.0. The van der Waals surface area contributed by atoms with Crippen molar-refractivity contribution >= 4 is 42.3 Å². The highest BCUT2D eigenvalue weighted by Crippen LogP contribution is 2.46. The lowest BCUT2D eigenvalue weighted by Gasteiger charge is -2.14. The highest BCUT2D eigenvalue weighted by atomic mass is 32.1. The number of nitrogens with zero attached hydrogens (tertiary/aromatic N) is 2. The molecule has 2 aromatic heterocycles. The fourth-order valence-electron chi connectivity index (χ4n) is 8.32. The Morgan fingerprint density at radius 3 is 1.46 bits per heavy atom. The molecule has 3 heteroatoms. The lowest BCUT2D eigenvalue weighted by molar-refractivity contribution is 1.18. The van der Waals surface area contributed by atoms with Gasteiger partial charge in [0.2, 0.25) is 0 Å². The zero-order valence-corrected chi connectivity index (χ0v) is 32.9. The molecule has 9 aromatic carbocycles. The van der Waals surface area contributed by atoms with Crippen molar-refractivity contribution in [3.63, 3.8) is 0 Å². The summed E-state index contributed by atoms with van der Waals surface area (Å²) in [6, 6.07) is 78.2. The molecule has 0 N–H and O–H groups in total. The smallest absolute Gasteiger partial charge is 0.160 e. The van der Waals surface area contributed by atoms with E-state index in [0.29, 0.717) is 5.82 Å². The third kappa shape index (κ3) is 6.58. The van der Waals surface area contributed by atoms with Crippen molar-refractivity contribution in [1.82, 2.24) is 9.97 Å². The SMILES string of the molecule is c1ccc(-c2cc(-c3cc(-c4ccccc4)c4sc5ccc6cc(-c7ccccc7)ccc6c5c4c3)cc(-c3cc(-c4ccccc4)nc(-c4ccccc4)n3)c2)cc1. The molecule has 0 spiro atoms. The Labute approximate surface area is 347 Å². The molecule has 0 amide bonds. The molecule has 2 nitrogen and oxygen atoms in total. The summed E-state index contributed by atoms with van der Waals surface area (Å²) in [6.07, 6.45) is 0. The minimum atomic E-state index is 0.702. The van der Waals surface area contributed by atoms with Gasteiger partial charge in [-0.25, -0.2) is 9.97 Å². The maximum atomic E-state index is 5.27. The van der Waals surface area contributed by atoms with Gasteiger partial charge in [0.05, 0.1) is 11.4 Å². The molecule has 2 heterocycles. The number of aromatic nitrogens is 2. The number of hydrogen-bond donors (Lipinski definition) is 0. The van der Waals surface area contributed by atoms with E-state index in [9.17, 15) is 0 Å². The van der Waals surface area contributed by atoms with Crippen molar-refractivity contribution in [3.05, 3.63) is 218 Å². The van der Waals surface area contributed by atoms with Gasteiger partial charge in [0.15, 0.2) is 5.82 Å². The first-order valence-corrected chi connectivity index (χ1v) is 20.8. The average molecular weight is 769 g/mol. The van der Waals surface area contributed by atoms with E-state index in [0.717, 1.165) is 50.3 Å². The topological polar surface area (TPSA) is 25.8 Å². The molecule has 0 radical (unpaired) electrons. The highest BCUT2D eigenvalue weighted by molar-refractivity contribution is 7.26. The first kappa shape index (κ1) is 34.8. The summed E-state index contributed by atoms with van der Waals surface area (Å²) in [5, 5.41) is 5.08. The van der Waals surface area contributed by atoms with Crippen molar-refractivity contribution in [2.45, 2.75) is 0 Å². The Kier molecular flexibility index (Phi) is 8.72. The second kappa shape index (κ2) is 14.8. The fraction of sp³-hybridized carbons (Fsp3) is 0. The van der Waals surface area contributed by atoms with Gasteiger partial charge in [0, 0.05) is 42.4 Å². The summed E-state index contributed by atoms with van der Waals surface area (Å²) in [5.74, 6) is 0.702. The molecule has 0 saturated carbocycles. The quantitative estimate of drug-likeness (QED) is 0.161. The number of benzene rings is 9. The maximum absolute atomic E-state index is 5.27. The third-order valence-corrected chi connectivity index (χ3v) is 12.4. The monoisotopic (exact) mass is 768 g/mol. The van der Waals surface area contributed by atoms with Crippen LogP contribution in [-0.4, -0.2) is 9.97 Å². The minimum absolute atomic E-state index is 0.702. The van der Waals surface area contributed by atoms with Gasteiger partial charge in [-0.05, 0) is 98.2 Å². The van der Waals surface area contributed by atoms with Gasteiger partial charge in [-0.15, -0.1) is 11.3 Å². The van der Waals surface area contributed by atoms with Crippen LogP contribution in [0.5, 0.6) is 0 Å². The van der Waals surface area contributed by atoms with E-state index in [1.807, 2.05) is 35.6 Å². The van der Waals surface area contributed by atoms with Crippen molar-refractivity contribution in [2.75, 3.05) is 0 Å². The normalized spacial score (nSPS) is 11.4. The van der Waals surface area contributed by atoms with E-state index in [1.165, 1.54) is 53.2 Å². The van der Waals surface area contributed by atoms with Crippen molar-refractivity contribution in [3.8, 4) is 78.4 Å². The van der Waals surface area contributed by atoms with E-state index in [1.54, 1.807) is 0 Å².